The number of rotatable bonds is 17. The van der Waals surface area contributed by atoms with Crippen molar-refractivity contribution >= 4 is 53.8 Å². The fraction of sp³-hybridized carbons (Fsp3) is 0.405. The van der Waals surface area contributed by atoms with E-state index in [2.05, 4.69) is 5.32 Å². The van der Waals surface area contributed by atoms with Crippen molar-refractivity contribution in [2.24, 2.45) is 0 Å². The highest BCUT2D eigenvalue weighted by molar-refractivity contribution is 5.91. The fourth-order valence-electron chi connectivity index (χ4n) is 7.30. The summed E-state index contributed by atoms with van der Waals surface area (Å²) in [5.74, 6) is -8.96. The van der Waals surface area contributed by atoms with Crippen LogP contribution in [0.2, 0.25) is 0 Å². The zero-order valence-corrected chi connectivity index (χ0v) is 34.9. The molecule has 0 aromatic heterocycles. The highest BCUT2D eigenvalue weighted by Crippen LogP contribution is 2.41. The standard InChI is InChI=1S/C42H44N2O23/c1-61-27-10-18(2-4-25(27)45)3-5-31(49)63-16-42(60)17-64-41(36(42)53)67-35-34(52)33(51)29(15-62-32(50)14-30(47)48)66-40(35)65-28-12-20-11-24(39(58)59)44(23(20)13-26(28)46)7-6-19-8-21(37(54)55)43-22(9-19)38(56)57/h2-8,10,12-13,22,24,29,33-36,40-41,51-53,60H,9,11,14-17H2,1H3,(H6,45,46,47,48,49,54,55,56,57,58,59)/p+1/t22-,24-,29+,33+,34-,35+,36-,40+,41-,42+/m0/s1. The molecule has 0 aliphatic carbocycles. The number of phenols is 2. The van der Waals surface area contributed by atoms with E-state index in [1.54, 1.807) is 0 Å². The zero-order valence-electron chi connectivity index (χ0n) is 34.9. The first-order valence-electron chi connectivity index (χ1n) is 20.0. The number of hydrogen-bond acceptors (Lipinski definition) is 20. The molecule has 6 rings (SSSR count). The molecule has 0 saturated carbocycles. The third kappa shape index (κ3) is 11.5. The molecule has 4 heterocycles. The maximum atomic E-state index is 12.5. The Balaban J connectivity index is 1.23. The molecule has 25 heteroatoms. The quantitative estimate of drug-likeness (QED) is 0.0357. The number of aromatic hydroxyl groups is 2. The van der Waals surface area contributed by atoms with E-state index in [9.17, 15) is 74.7 Å². The first-order valence-corrected chi connectivity index (χ1v) is 20.0. The number of esters is 2. The lowest BCUT2D eigenvalue weighted by molar-refractivity contribution is -0.456. The molecule has 0 radical (unpaired) electrons. The number of carbonyl (C=O) groups is 6. The number of allylic oxidation sites excluding steroid dienone is 2. The molecule has 4 aliphatic heterocycles. The van der Waals surface area contributed by atoms with Gasteiger partial charge in [-0.1, -0.05) is 6.07 Å². The number of aliphatic hydroxyl groups is 4. The summed E-state index contributed by atoms with van der Waals surface area (Å²) in [6.45, 7) is -2.40. The number of nitrogens with zero attached hydrogens (tertiary/aromatic N) is 1. The number of fused-ring (bicyclic) bond motifs is 1. The van der Waals surface area contributed by atoms with Gasteiger partial charge in [0, 0.05) is 24.1 Å². The van der Waals surface area contributed by atoms with Crippen LogP contribution in [0, 0.1) is 0 Å². The van der Waals surface area contributed by atoms with Gasteiger partial charge in [-0.15, -0.1) is 0 Å². The number of nitrogens with one attached hydrogen (secondary N) is 1. The Labute approximate surface area is 377 Å². The van der Waals surface area contributed by atoms with Gasteiger partial charge in [0.05, 0.1) is 26.2 Å². The Morgan fingerprint density at radius 1 is 0.910 bits per heavy atom. The monoisotopic (exact) mass is 945 g/mol. The normalized spacial score (nSPS) is 29.1. The SMILES string of the molecule is COc1cc(C=CC(=O)OC[C@@]2(O)CO[C@@H](O[C@H]3[C@H](Oc4cc5c(cc4O)[N+](=CC=C4C=C(C(=O)O)N[C@H](C(=O)O)C4)[C@H](C(=O)O)C5)O[C@H](COC(=O)CC(=O)O)[C@@H](O)[C@@H]3O)[C@@H]2O)ccc1O. The van der Waals surface area contributed by atoms with E-state index in [4.69, 9.17) is 38.3 Å². The van der Waals surface area contributed by atoms with Crippen LogP contribution >= 0.6 is 0 Å². The van der Waals surface area contributed by atoms with Crippen molar-refractivity contribution in [1.29, 1.82) is 0 Å². The fourth-order valence-corrected chi connectivity index (χ4v) is 7.30. The Bertz CT molecular complexity index is 2410. The number of benzene rings is 2. The second-order valence-corrected chi connectivity index (χ2v) is 15.5. The molecule has 360 valence electrons. The van der Waals surface area contributed by atoms with Crippen LogP contribution in [-0.2, 0) is 58.9 Å². The van der Waals surface area contributed by atoms with Crippen LogP contribution in [0.15, 0.2) is 59.8 Å². The minimum Gasteiger partial charge on any atom is -0.504 e. The molecule has 0 spiro atoms. The Morgan fingerprint density at radius 3 is 2.33 bits per heavy atom. The predicted molar refractivity (Wildman–Crippen MR) is 217 cm³/mol. The summed E-state index contributed by atoms with van der Waals surface area (Å²) in [7, 11) is 1.33. The first-order chi connectivity index (χ1) is 31.7. The number of methoxy groups -OCH3 is 1. The van der Waals surface area contributed by atoms with Gasteiger partial charge in [-0.25, -0.2) is 19.2 Å². The summed E-state index contributed by atoms with van der Waals surface area (Å²) in [6.07, 6.45) is -8.78. The largest absolute Gasteiger partial charge is 0.504 e. The van der Waals surface area contributed by atoms with Crippen LogP contribution in [0.5, 0.6) is 23.0 Å². The van der Waals surface area contributed by atoms with Gasteiger partial charge in [0.25, 0.3) is 6.04 Å². The Morgan fingerprint density at radius 2 is 1.66 bits per heavy atom. The Kier molecular flexibility index (Phi) is 15.1. The van der Waals surface area contributed by atoms with Crippen LogP contribution < -0.4 is 14.8 Å². The Hall–Kier alpha value is -7.13. The molecule has 2 fully saturated rings. The molecule has 25 nitrogen and oxygen atoms in total. The molecule has 4 aliphatic rings. The summed E-state index contributed by atoms with van der Waals surface area (Å²) in [6, 6.07) is 3.91. The molecule has 10 atom stereocenters. The number of carboxylic acids is 4. The molecule has 67 heavy (non-hydrogen) atoms. The van der Waals surface area contributed by atoms with Gasteiger partial charge in [-0.05, 0) is 41.5 Å². The van der Waals surface area contributed by atoms with E-state index in [0.717, 1.165) is 12.1 Å². The van der Waals surface area contributed by atoms with Gasteiger partial charge < -0.3 is 89.5 Å². The number of ether oxygens (including phenoxy) is 7. The lowest BCUT2D eigenvalue weighted by atomic mass is 9.98. The molecule has 0 unspecified atom stereocenters. The van der Waals surface area contributed by atoms with E-state index in [1.165, 1.54) is 60.4 Å². The lowest BCUT2D eigenvalue weighted by Gasteiger charge is -2.42. The third-order valence-electron chi connectivity index (χ3n) is 10.8. The maximum absolute atomic E-state index is 12.5. The predicted octanol–water partition coefficient (Wildman–Crippen LogP) is -1.89. The summed E-state index contributed by atoms with van der Waals surface area (Å²) in [5, 5.41) is 106. The van der Waals surface area contributed by atoms with E-state index in [0.29, 0.717) is 5.56 Å². The summed E-state index contributed by atoms with van der Waals surface area (Å²) in [5.41, 5.74) is -1.72. The van der Waals surface area contributed by atoms with Gasteiger partial charge in [0.2, 0.25) is 12.0 Å². The number of carbonyl (C=O) groups excluding carboxylic acids is 2. The molecule has 2 saturated heterocycles. The highest BCUT2D eigenvalue weighted by atomic mass is 16.8. The van der Waals surface area contributed by atoms with Gasteiger partial charge in [-0.2, -0.15) is 4.58 Å². The number of carboxylic acid groups (broad SMARTS) is 4. The van der Waals surface area contributed by atoms with E-state index >= 15 is 0 Å². The van der Waals surface area contributed by atoms with Crippen molar-refractivity contribution < 1.29 is 118 Å². The zero-order chi connectivity index (χ0) is 48.9. The smallest absolute Gasteiger partial charge is 0.373 e. The van der Waals surface area contributed by atoms with Crippen LogP contribution in [0.25, 0.3) is 6.08 Å². The van der Waals surface area contributed by atoms with Gasteiger partial charge in [0.15, 0.2) is 47.2 Å². The number of aliphatic carboxylic acids is 4. The van der Waals surface area contributed by atoms with Crippen molar-refractivity contribution in [2.75, 3.05) is 26.9 Å². The van der Waals surface area contributed by atoms with Crippen molar-refractivity contribution in [2.45, 2.75) is 80.0 Å². The molecule has 2 aromatic carbocycles. The van der Waals surface area contributed by atoms with E-state index < -0.39 is 140 Å². The van der Waals surface area contributed by atoms with Crippen molar-refractivity contribution in [1.82, 2.24) is 5.32 Å². The molecular formula is C42H45N2O23+. The van der Waals surface area contributed by atoms with E-state index in [1.807, 2.05) is 0 Å². The first kappa shape index (κ1) is 49.3. The second kappa shape index (κ2) is 20.6. The summed E-state index contributed by atoms with van der Waals surface area (Å²) >= 11 is 0. The maximum Gasteiger partial charge on any atom is 0.373 e. The number of hydrogen-bond donors (Lipinski definition) is 11. The molecule has 0 amide bonds. The second-order valence-electron chi connectivity index (χ2n) is 15.5. The topological polar surface area (TPSA) is 384 Å². The average Bonchev–Trinajstić information content (AvgIpc) is 3.78. The highest BCUT2D eigenvalue weighted by Gasteiger charge is 2.55. The van der Waals surface area contributed by atoms with Crippen LogP contribution in [0.4, 0.5) is 5.69 Å². The third-order valence-corrected chi connectivity index (χ3v) is 10.8. The van der Waals surface area contributed by atoms with Gasteiger partial charge >= 0.3 is 35.8 Å². The molecule has 11 N–H and O–H groups in total. The lowest BCUT2D eigenvalue weighted by Crippen LogP contribution is -2.62. The summed E-state index contributed by atoms with van der Waals surface area (Å²) < 4.78 is 39.3. The van der Waals surface area contributed by atoms with Crippen molar-refractivity contribution in [3.05, 3.63) is 71.0 Å². The molecule has 2 aromatic rings. The average molecular weight is 946 g/mol. The summed E-state index contributed by atoms with van der Waals surface area (Å²) in [4.78, 5) is 71.3. The molecule has 0 bridgehead atoms. The van der Waals surface area contributed by atoms with Crippen molar-refractivity contribution in [3.63, 3.8) is 0 Å². The minimum absolute atomic E-state index is 0.120. The van der Waals surface area contributed by atoms with Crippen LogP contribution in [0.1, 0.15) is 24.0 Å². The van der Waals surface area contributed by atoms with Crippen LogP contribution in [0.3, 0.4) is 0 Å². The van der Waals surface area contributed by atoms with Crippen molar-refractivity contribution in [3.8, 4) is 23.0 Å². The van der Waals surface area contributed by atoms with Gasteiger partial charge in [0.1, 0.15) is 55.8 Å². The number of aliphatic hydroxyl groups excluding tert-OH is 3. The molecular weight excluding hydrogens is 900 g/mol. The number of phenolic OH excluding ortho intramolecular Hbond substituents is 2. The minimum atomic E-state index is -2.31. The van der Waals surface area contributed by atoms with Gasteiger partial charge in [-0.3, -0.25) is 9.59 Å². The van der Waals surface area contributed by atoms with E-state index in [-0.39, 0.29) is 41.2 Å². The van der Waals surface area contributed by atoms with Crippen LogP contribution in [-0.4, -0.2) is 185 Å².